The van der Waals surface area contributed by atoms with Crippen LogP contribution in [0.3, 0.4) is 0 Å². The highest BCUT2D eigenvalue weighted by atomic mass is 16.2. The molecule has 0 heterocycles. The number of likely N-dealkylation sites (N-methyl/N-ethyl adjacent to an activating group) is 1. The fraction of sp³-hybridized carbons (Fsp3) is 0.667. The van der Waals surface area contributed by atoms with E-state index in [4.69, 9.17) is 0 Å². The van der Waals surface area contributed by atoms with Gasteiger partial charge >= 0.3 is 0 Å². The second kappa shape index (κ2) is 6.00. The average molecular weight is 215 g/mol. The lowest BCUT2D eigenvalue weighted by Crippen LogP contribution is -2.50. The molecule has 0 aromatic rings. The third-order valence-electron chi connectivity index (χ3n) is 1.81. The molecule has 2 atom stereocenters. The summed E-state index contributed by atoms with van der Waals surface area (Å²) in [5.41, 5.74) is 0. The van der Waals surface area contributed by atoms with Gasteiger partial charge in [-0.25, -0.2) is 0 Å². The Balaban J connectivity index is 4.12. The summed E-state index contributed by atoms with van der Waals surface area (Å²) < 4.78 is 0. The maximum Gasteiger partial charge on any atom is 0.242 e. The molecule has 0 aromatic carbocycles. The van der Waals surface area contributed by atoms with Crippen LogP contribution < -0.4 is 16.0 Å². The van der Waals surface area contributed by atoms with E-state index in [-0.39, 0.29) is 17.7 Å². The SMILES string of the molecule is CNC(=O)C(C)NC(=O)C(C)NC(C)=O. The minimum atomic E-state index is -0.644. The predicted octanol–water partition coefficient (Wildman–Crippen LogP) is -1.24. The molecular weight excluding hydrogens is 198 g/mol. The smallest absolute Gasteiger partial charge is 0.242 e. The Bertz CT molecular complexity index is 265. The molecule has 0 aliphatic heterocycles. The van der Waals surface area contributed by atoms with Crippen molar-refractivity contribution < 1.29 is 14.4 Å². The van der Waals surface area contributed by atoms with E-state index in [1.54, 1.807) is 13.8 Å². The number of carbonyl (C=O) groups excluding carboxylic acids is 3. The van der Waals surface area contributed by atoms with Crippen molar-refractivity contribution in [2.75, 3.05) is 7.05 Å². The van der Waals surface area contributed by atoms with Crippen LogP contribution in [0.1, 0.15) is 20.8 Å². The molecule has 6 heteroatoms. The second-order valence-corrected chi connectivity index (χ2v) is 3.27. The molecule has 0 spiro atoms. The molecule has 2 unspecified atom stereocenters. The van der Waals surface area contributed by atoms with Crippen molar-refractivity contribution in [3.8, 4) is 0 Å². The molecule has 0 saturated carbocycles. The monoisotopic (exact) mass is 215 g/mol. The van der Waals surface area contributed by atoms with Gasteiger partial charge in [-0.15, -0.1) is 0 Å². The van der Waals surface area contributed by atoms with Gasteiger partial charge in [-0.1, -0.05) is 0 Å². The Morgan fingerprint density at radius 1 is 0.933 bits per heavy atom. The van der Waals surface area contributed by atoms with Crippen molar-refractivity contribution in [2.45, 2.75) is 32.9 Å². The van der Waals surface area contributed by atoms with Crippen molar-refractivity contribution >= 4 is 17.7 Å². The Morgan fingerprint density at radius 2 is 1.40 bits per heavy atom. The van der Waals surface area contributed by atoms with E-state index >= 15 is 0 Å². The third-order valence-corrected chi connectivity index (χ3v) is 1.81. The summed E-state index contributed by atoms with van der Waals surface area (Å²) in [6.45, 7) is 4.44. The van der Waals surface area contributed by atoms with Crippen LogP contribution in [-0.4, -0.2) is 36.9 Å². The molecule has 0 saturated heterocycles. The van der Waals surface area contributed by atoms with Gasteiger partial charge < -0.3 is 16.0 Å². The van der Waals surface area contributed by atoms with Gasteiger partial charge in [0.15, 0.2) is 0 Å². The summed E-state index contributed by atoms with van der Waals surface area (Å²) in [5.74, 6) is -0.954. The quantitative estimate of drug-likeness (QED) is 0.548. The zero-order chi connectivity index (χ0) is 12.0. The summed E-state index contributed by atoms with van der Waals surface area (Å²) in [5, 5.41) is 7.30. The molecule has 0 radical (unpaired) electrons. The van der Waals surface area contributed by atoms with Crippen LogP contribution in [0.5, 0.6) is 0 Å². The molecular formula is C9H17N3O3. The van der Waals surface area contributed by atoms with Gasteiger partial charge in [0.05, 0.1) is 0 Å². The van der Waals surface area contributed by atoms with Crippen LogP contribution in [0.4, 0.5) is 0 Å². The lowest BCUT2D eigenvalue weighted by molar-refractivity contribution is -0.130. The minimum Gasteiger partial charge on any atom is -0.357 e. The maximum atomic E-state index is 11.4. The van der Waals surface area contributed by atoms with Crippen molar-refractivity contribution in [2.24, 2.45) is 0 Å². The standard InChI is InChI=1S/C9H17N3O3/c1-5(8(14)10-4)12-9(15)6(2)11-7(3)13/h5-6H,1-4H3,(H,10,14)(H,11,13)(H,12,15). The topological polar surface area (TPSA) is 87.3 Å². The Morgan fingerprint density at radius 3 is 1.80 bits per heavy atom. The summed E-state index contributed by atoms with van der Waals surface area (Å²) in [6, 6.07) is -1.26. The van der Waals surface area contributed by atoms with Crippen LogP contribution in [0.25, 0.3) is 0 Å². The fourth-order valence-corrected chi connectivity index (χ4v) is 0.991. The molecule has 0 rings (SSSR count). The Labute approximate surface area is 88.8 Å². The predicted molar refractivity (Wildman–Crippen MR) is 55.0 cm³/mol. The molecule has 3 amide bonds. The van der Waals surface area contributed by atoms with Crippen LogP contribution in [0.15, 0.2) is 0 Å². The highest BCUT2D eigenvalue weighted by molar-refractivity contribution is 5.91. The van der Waals surface area contributed by atoms with Crippen LogP contribution in [-0.2, 0) is 14.4 Å². The minimum absolute atomic E-state index is 0.279. The first-order valence-corrected chi connectivity index (χ1v) is 4.67. The first-order valence-electron chi connectivity index (χ1n) is 4.67. The molecule has 0 bridgehead atoms. The lowest BCUT2D eigenvalue weighted by atomic mass is 10.2. The molecule has 0 fully saturated rings. The Hall–Kier alpha value is -1.59. The maximum absolute atomic E-state index is 11.4. The second-order valence-electron chi connectivity index (χ2n) is 3.27. The number of hydrogen-bond donors (Lipinski definition) is 3. The van der Waals surface area contributed by atoms with E-state index in [0.29, 0.717) is 0 Å². The molecule has 3 N–H and O–H groups in total. The van der Waals surface area contributed by atoms with Crippen LogP contribution >= 0.6 is 0 Å². The molecule has 0 aliphatic rings. The van der Waals surface area contributed by atoms with E-state index in [9.17, 15) is 14.4 Å². The first-order chi connectivity index (χ1) is 6.88. The van der Waals surface area contributed by atoms with Gasteiger partial charge in [-0.3, -0.25) is 14.4 Å². The van der Waals surface area contributed by atoms with E-state index < -0.39 is 12.1 Å². The van der Waals surface area contributed by atoms with E-state index in [2.05, 4.69) is 16.0 Å². The summed E-state index contributed by atoms with van der Waals surface area (Å²) in [7, 11) is 1.49. The van der Waals surface area contributed by atoms with Crippen LogP contribution in [0, 0.1) is 0 Å². The number of nitrogens with one attached hydrogen (secondary N) is 3. The zero-order valence-corrected chi connectivity index (χ0v) is 9.38. The highest BCUT2D eigenvalue weighted by Crippen LogP contribution is 1.86. The summed E-state index contributed by atoms with van der Waals surface area (Å²) in [4.78, 5) is 33.1. The molecule has 0 aromatic heterocycles. The van der Waals surface area contributed by atoms with Gasteiger partial charge in [0.25, 0.3) is 0 Å². The largest absolute Gasteiger partial charge is 0.357 e. The Kier molecular flexibility index (Phi) is 5.36. The summed E-state index contributed by atoms with van der Waals surface area (Å²) in [6.07, 6.45) is 0. The third kappa shape index (κ3) is 4.99. The molecule has 86 valence electrons. The molecule has 15 heavy (non-hydrogen) atoms. The van der Waals surface area contributed by atoms with Gasteiger partial charge in [0.1, 0.15) is 12.1 Å². The van der Waals surface area contributed by atoms with Gasteiger partial charge in [0, 0.05) is 14.0 Å². The molecule has 6 nitrogen and oxygen atoms in total. The number of hydrogen-bond acceptors (Lipinski definition) is 3. The average Bonchev–Trinajstić information content (AvgIpc) is 2.15. The van der Waals surface area contributed by atoms with Crippen LogP contribution in [0.2, 0.25) is 0 Å². The zero-order valence-electron chi connectivity index (χ0n) is 9.38. The number of carbonyl (C=O) groups is 3. The number of rotatable bonds is 4. The normalized spacial score (nSPS) is 13.6. The van der Waals surface area contributed by atoms with E-state index in [1.807, 2.05) is 0 Å². The highest BCUT2D eigenvalue weighted by Gasteiger charge is 2.18. The fourth-order valence-electron chi connectivity index (χ4n) is 0.991. The van der Waals surface area contributed by atoms with Gasteiger partial charge in [0.2, 0.25) is 17.7 Å². The van der Waals surface area contributed by atoms with Gasteiger partial charge in [-0.05, 0) is 13.8 Å². The number of amides is 3. The van der Waals surface area contributed by atoms with E-state index in [1.165, 1.54) is 14.0 Å². The molecule has 0 aliphatic carbocycles. The van der Waals surface area contributed by atoms with Crippen molar-refractivity contribution in [1.29, 1.82) is 0 Å². The van der Waals surface area contributed by atoms with Crippen molar-refractivity contribution in [1.82, 2.24) is 16.0 Å². The van der Waals surface area contributed by atoms with Crippen molar-refractivity contribution in [3.05, 3.63) is 0 Å². The van der Waals surface area contributed by atoms with Crippen molar-refractivity contribution in [3.63, 3.8) is 0 Å². The van der Waals surface area contributed by atoms with Gasteiger partial charge in [-0.2, -0.15) is 0 Å². The summed E-state index contributed by atoms with van der Waals surface area (Å²) >= 11 is 0. The van der Waals surface area contributed by atoms with E-state index in [0.717, 1.165) is 0 Å². The first kappa shape index (κ1) is 13.4. The lowest BCUT2D eigenvalue weighted by Gasteiger charge is -2.16.